The molecule has 156 valence electrons. The average Bonchev–Trinajstić information content (AvgIpc) is 2.81. The van der Waals surface area contributed by atoms with Gasteiger partial charge in [-0.25, -0.2) is 4.68 Å². The lowest BCUT2D eigenvalue weighted by Crippen LogP contribution is -2.27. The van der Waals surface area contributed by atoms with Crippen molar-refractivity contribution >= 4 is 22.4 Å². The zero-order valence-electron chi connectivity index (χ0n) is 17.2. The number of carbonyl (C=O) groups excluding carboxylic acids is 1. The number of rotatable bonds is 7. The van der Waals surface area contributed by atoms with Crippen LogP contribution in [0.3, 0.4) is 0 Å². The lowest BCUT2D eigenvalue weighted by molar-refractivity contribution is 0.102. The Bertz CT molecular complexity index is 1270. The van der Waals surface area contributed by atoms with Gasteiger partial charge in [0.05, 0.1) is 11.1 Å². The number of fused-ring (bicyclic) bond motifs is 1. The molecule has 0 bridgehead atoms. The van der Waals surface area contributed by atoms with Crippen molar-refractivity contribution in [3.63, 3.8) is 0 Å². The van der Waals surface area contributed by atoms with Gasteiger partial charge in [-0.1, -0.05) is 61.9 Å². The minimum Gasteiger partial charge on any atom is -0.455 e. The van der Waals surface area contributed by atoms with Crippen LogP contribution in [0.1, 0.15) is 30.3 Å². The second-order valence-corrected chi connectivity index (χ2v) is 7.14. The van der Waals surface area contributed by atoms with E-state index < -0.39 is 5.91 Å². The molecule has 3 aromatic carbocycles. The van der Waals surface area contributed by atoms with Crippen LogP contribution in [0.4, 0.5) is 5.69 Å². The Morgan fingerprint density at radius 3 is 2.39 bits per heavy atom. The van der Waals surface area contributed by atoms with Gasteiger partial charge in [0.25, 0.3) is 11.5 Å². The first-order valence-electron chi connectivity index (χ1n) is 10.3. The zero-order valence-corrected chi connectivity index (χ0v) is 17.2. The standard InChI is InChI=1S/C25H23N3O3/c1-2-3-17-28-25(30)20-14-8-7-13-19(20)23(27-28)24(29)26-21-15-9-10-16-22(21)31-18-11-5-4-6-12-18/h4-16H,2-3,17H2,1H3,(H,26,29). The molecule has 0 aliphatic rings. The highest BCUT2D eigenvalue weighted by Crippen LogP contribution is 2.29. The van der Waals surface area contributed by atoms with E-state index in [0.29, 0.717) is 34.5 Å². The average molecular weight is 413 g/mol. The van der Waals surface area contributed by atoms with Gasteiger partial charge < -0.3 is 10.1 Å². The van der Waals surface area contributed by atoms with Crippen LogP contribution in [0.5, 0.6) is 11.5 Å². The van der Waals surface area contributed by atoms with Gasteiger partial charge in [-0.2, -0.15) is 5.10 Å². The molecule has 0 aliphatic heterocycles. The van der Waals surface area contributed by atoms with E-state index in [1.807, 2.05) is 49.4 Å². The van der Waals surface area contributed by atoms with Crippen molar-refractivity contribution < 1.29 is 9.53 Å². The number of unbranched alkanes of at least 4 members (excludes halogenated alkanes) is 1. The monoisotopic (exact) mass is 413 g/mol. The molecule has 1 aromatic heterocycles. The van der Waals surface area contributed by atoms with E-state index in [-0.39, 0.29) is 11.3 Å². The molecule has 0 unspecified atom stereocenters. The van der Waals surface area contributed by atoms with E-state index in [4.69, 9.17) is 4.74 Å². The van der Waals surface area contributed by atoms with Crippen LogP contribution in [0, 0.1) is 0 Å². The van der Waals surface area contributed by atoms with Gasteiger partial charge >= 0.3 is 0 Å². The highest BCUT2D eigenvalue weighted by Gasteiger charge is 2.18. The Labute approximate surface area is 180 Å². The summed E-state index contributed by atoms with van der Waals surface area (Å²) in [6.07, 6.45) is 1.73. The van der Waals surface area contributed by atoms with Gasteiger partial charge in [0.1, 0.15) is 5.75 Å². The molecule has 0 fully saturated rings. The molecule has 4 aromatic rings. The van der Waals surface area contributed by atoms with Crippen LogP contribution >= 0.6 is 0 Å². The largest absolute Gasteiger partial charge is 0.455 e. The summed E-state index contributed by atoms with van der Waals surface area (Å²) in [4.78, 5) is 26.0. The molecule has 31 heavy (non-hydrogen) atoms. The summed E-state index contributed by atoms with van der Waals surface area (Å²) >= 11 is 0. The number of nitrogens with one attached hydrogen (secondary N) is 1. The molecule has 4 rings (SSSR count). The van der Waals surface area contributed by atoms with Crippen LogP contribution in [0.25, 0.3) is 10.8 Å². The molecule has 0 spiro atoms. The van der Waals surface area contributed by atoms with Gasteiger partial charge in [0, 0.05) is 11.9 Å². The Morgan fingerprint density at radius 1 is 0.935 bits per heavy atom. The third-order valence-corrected chi connectivity index (χ3v) is 4.91. The Morgan fingerprint density at radius 2 is 1.61 bits per heavy atom. The lowest BCUT2D eigenvalue weighted by Gasteiger charge is -2.14. The molecular weight excluding hydrogens is 390 g/mol. The Kier molecular flexibility index (Phi) is 6.08. The summed E-state index contributed by atoms with van der Waals surface area (Å²) in [6, 6.07) is 23.6. The van der Waals surface area contributed by atoms with Gasteiger partial charge in [0.15, 0.2) is 11.4 Å². The molecule has 1 N–H and O–H groups in total. The number of aryl methyl sites for hydroxylation is 1. The zero-order chi connectivity index (χ0) is 21.6. The van der Waals surface area contributed by atoms with Crippen molar-refractivity contribution in [1.82, 2.24) is 9.78 Å². The van der Waals surface area contributed by atoms with E-state index >= 15 is 0 Å². The molecule has 6 nitrogen and oxygen atoms in total. The van der Waals surface area contributed by atoms with Crippen LogP contribution in [0.15, 0.2) is 83.7 Å². The number of amides is 1. The van der Waals surface area contributed by atoms with Crippen molar-refractivity contribution in [1.29, 1.82) is 0 Å². The number of carbonyl (C=O) groups is 1. The summed E-state index contributed by atoms with van der Waals surface area (Å²) in [5, 5.41) is 8.31. The second kappa shape index (κ2) is 9.26. The van der Waals surface area contributed by atoms with Crippen molar-refractivity contribution in [2.45, 2.75) is 26.3 Å². The van der Waals surface area contributed by atoms with Gasteiger partial charge in [0.2, 0.25) is 0 Å². The van der Waals surface area contributed by atoms with Gasteiger partial charge in [-0.15, -0.1) is 0 Å². The number of hydrogen-bond donors (Lipinski definition) is 1. The first kappa shape index (κ1) is 20.3. The fourth-order valence-electron chi connectivity index (χ4n) is 3.32. The topological polar surface area (TPSA) is 73.2 Å². The number of nitrogens with zero attached hydrogens (tertiary/aromatic N) is 2. The quantitative estimate of drug-likeness (QED) is 0.450. The van der Waals surface area contributed by atoms with Gasteiger partial charge in [-0.3, -0.25) is 9.59 Å². The van der Waals surface area contributed by atoms with Crippen molar-refractivity contribution in [2.24, 2.45) is 0 Å². The first-order chi connectivity index (χ1) is 15.2. The van der Waals surface area contributed by atoms with Crippen molar-refractivity contribution in [3.05, 3.63) is 94.9 Å². The molecule has 6 heteroatoms. The molecule has 0 aliphatic carbocycles. The lowest BCUT2D eigenvalue weighted by atomic mass is 10.1. The number of anilines is 1. The molecule has 0 atom stereocenters. The molecule has 1 heterocycles. The number of hydrogen-bond acceptors (Lipinski definition) is 4. The number of benzene rings is 3. The SMILES string of the molecule is CCCCn1nc(C(=O)Nc2ccccc2Oc2ccccc2)c2ccccc2c1=O. The molecule has 1 amide bonds. The number of para-hydroxylation sites is 3. The fourth-order valence-corrected chi connectivity index (χ4v) is 3.32. The summed E-state index contributed by atoms with van der Waals surface area (Å²) < 4.78 is 7.32. The summed E-state index contributed by atoms with van der Waals surface area (Å²) in [7, 11) is 0. The van der Waals surface area contributed by atoms with E-state index in [1.165, 1.54) is 4.68 Å². The van der Waals surface area contributed by atoms with Crippen LogP contribution in [-0.4, -0.2) is 15.7 Å². The Balaban J connectivity index is 1.70. The van der Waals surface area contributed by atoms with E-state index in [9.17, 15) is 9.59 Å². The third-order valence-electron chi connectivity index (χ3n) is 4.91. The minimum absolute atomic E-state index is 0.187. The maximum absolute atomic E-state index is 13.2. The number of ether oxygens (including phenoxy) is 1. The summed E-state index contributed by atoms with van der Waals surface area (Å²) in [6.45, 7) is 2.51. The van der Waals surface area contributed by atoms with Crippen LogP contribution < -0.4 is 15.6 Å². The third kappa shape index (κ3) is 4.48. The highest BCUT2D eigenvalue weighted by atomic mass is 16.5. The summed E-state index contributed by atoms with van der Waals surface area (Å²) in [5.74, 6) is 0.789. The first-order valence-corrected chi connectivity index (χ1v) is 10.3. The maximum atomic E-state index is 13.2. The molecular formula is C25H23N3O3. The number of aromatic nitrogens is 2. The normalized spacial score (nSPS) is 10.7. The minimum atomic E-state index is -0.398. The van der Waals surface area contributed by atoms with E-state index in [1.54, 1.807) is 36.4 Å². The molecule has 0 saturated heterocycles. The van der Waals surface area contributed by atoms with Gasteiger partial charge in [-0.05, 0) is 36.8 Å². The highest BCUT2D eigenvalue weighted by molar-refractivity contribution is 6.11. The second-order valence-electron chi connectivity index (χ2n) is 7.14. The van der Waals surface area contributed by atoms with Crippen LogP contribution in [-0.2, 0) is 6.54 Å². The predicted octanol–water partition coefficient (Wildman–Crippen LogP) is 5.24. The molecule has 0 saturated carbocycles. The van der Waals surface area contributed by atoms with E-state index in [2.05, 4.69) is 10.4 Å². The van der Waals surface area contributed by atoms with E-state index in [0.717, 1.165) is 12.8 Å². The van der Waals surface area contributed by atoms with Crippen molar-refractivity contribution in [3.8, 4) is 11.5 Å². The van der Waals surface area contributed by atoms with Crippen molar-refractivity contribution in [2.75, 3.05) is 5.32 Å². The smallest absolute Gasteiger partial charge is 0.276 e. The maximum Gasteiger partial charge on any atom is 0.276 e. The summed E-state index contributed by atoms with van der Waals surface area (Å²) in [5.41, 5.74) is 0.544. The fraction of sp³-hybridized carbons (Fsp3) is 0.160. The molecule has 0 radical (unpaired) electrons. The Hall–Kier alpha value is -3.93. The van der Waals surface area contributed by atoms with Crippen LogP contribution in [0.2, 0.25) is 0 Å². The predicted molar refractivity (Wildman–Crippen MR) is 122 cm³/mol.